The van der Waals surface area contributed by atoms with Crippen molar-refractivity contribution < 1.29 is 14.0 Å². The van der Waals surface area contributed by atoms with E-state index >= 15 is 0 Å². The second kappa shape index (κ2) is 11.1. The Labute approximate surface area is 197 Å². The topological polar surface area (TPSA) is 49.4 Å². The predicted octanol–water partition coefficient (Wildman–Crippen LogP) is 5.06. The highest BCUT2D eigenvalue weighted by molar-refractivity contribution is 6.31. The Bertz CT molecular complexity index is 1070. The van der Waals surface area contributed by atoms with Gasteiger partial charge in [0.15, 0.2) is 0 Å². The van der Waals surface area contributed by atoms with Crippen LogP contribution in [0.1, 0.15) is 16.7 Å². The Morgan fingerprint density at radius 1 is 0.969 bits per heavy atom. The molecule has 0 heterocycles. The lowest BCUT2D eigenvalue weighted by molar-refractivity contribution is -0.140. The first-order valence-corrected chi connectivity index (χ1v) is 10.9. The van der Waals surface area contributed by atoms with Gasteiger partial charge in [-0.15, -0.1) is 0 Å². The molecule has 0 spiro atoms. The monoisotopic (exact) mass is 472 g/mol. The van der Waals surface area contributed by atoms with Crippen molar-refractivity contribution in [1.29, 1.82) is 0 Å². The fourth-order valence-corrected chi connectivity index (χ4v) is 3.95. The molecule has 0 radical (unpaired) electrons. The van der Waals surface area contributed by atoms with Gasteiger partial charge in [0.05, 0.1) is 6.42 Å². The van der Waals surface area contributed by atoms with E-state index in [1.807, 2.05) is 36.4 Å². The first kappa shape index (κ1) is 23.8. The quantitative estimate of drug-likeness (QED) is 0.497. The number of nitrogens with zero attached hydrogens (tertiary/aromatic N) is 1. The summed E-state index contributed by atoms with van der Waals surface area (Å²) in [7, 11) is 1.52. The minimum absolute atomic E-state index is 0.102. The van der Waals surface area contributed by atoms with Gasteiger partial charge in [-0.3, -0.25) is 9.59 Å². The van der Waals surface area contributed by atoms with Gasteiger partial charge < -0.3 is 10.2 Å². The molecule has 0 aromatic heterocycles. The summed E-state index contributed by atoms with van der Waals surface area (Å²) in [6.07, 6.45) is 0.0339. The second-order valence-corrected chi connectivity index (χ2v) is 8.19. The summed E-state index contributed by atoms with van der Waals surface area (Å²) < 4.78 is 14.4. The third-order valence-corrected chi connectivity index (χ3v) is 5.74. The number of likely N-dealkylation sites (N-methyl/N-ethyl adjacent to an activating group) is 1. The van der Waals surface area contributed by atoms with Crippen LogP contribution in [0.4, 0.5) is 4.39 Å². The van der Waals surface area contributed by atoms with Crippen molar-refractivity contribution >= 4 is 35.0 Å². The normalized spacial score (nSPS) is 11.6. The fraction of sp³-hybridized carbons (Fsp3) is 0.200. The lowest BCUT2D eigenvalue weighted by Gasteiger charge is -2.31. The van der Waals surface area contributed by atoms with Crippen molar-refractivity contribution in [2.45, 2.75) is 25.4 Å². The van der Waals surface area contributed by atoms with Crippen LogP contribution in [0.15, 0.2) is 72.8 Å². The summed E-state index contributed by atoms with van der Waals surface area (Å²) in [5.41, 5.74) is 1.76. The van der Waals surface area contributed by atoms with Crippen LogP contribution in [0.25, 0.3) is 0 Å². The molecule has 0 fully saturated rings. The molecule has 4 nitrogen and oxygen atoms in total. The van der Waals surface area contributed by atoms with Crippen LogP contribution in [0.2, 0.25) is 10.0 Å². The minimum atomic E-state index is -0.806. The molecule has 3 aromatic rings. The molecule has 0 saturated carbocycles. The molecule has 0 aliphatic rings. The van der Waals surface area contributed by atoms with E-state index in [2.05, 4.69) is 5.32 Å². The number of hydrogen-bond acceptors (Lipinski definition) is 2. The van der Waals surface area contributed by atoms with Gasteiger partial charge in [0.2, 0.25) is 11.8 Å². The largest absolute Gasteiger partial charge is 0.357 e. The molecule has 0 unspecified atom stereocenters. The Kier molecular flexibility index (Phi) is 8.26. The number of carbonyl (C=O) groups is 2. The standard InChI is InChI=1S/C25H23Cl2FN2O2/c1-29-25(32)23(14-17-7-3-2-4-8-17)30(16-18-9-5-10-19(26)13-18)24(31)15-20-21(27)11-6-12-22(20)28/h2-13,23H,14-16H2,1H3,(H,29,32)/t23-/m0/s1. The maximum atomic E-state index is 14.4. The third kappa shape index (κ3) is 6.09. The van der Waals surface area contributed by atoms with Crippen molar-refractivity contribution in [3.63, 3.8) is 0 Å². The molecule has 3 rings (SSSR count). The van der Waals surface area contributed by atoms with Crippen LogP contribution < -0.4 is 5.32 Å². The fourth-order valence-electron chi connectivity index (χ4n) is 3.51. The van der Waals surface area contributed by atoms with E-state index in [1.165, 1.54) is 30.1 Å². The third-order valence-electron chi connectivity index (χ3n) is 5.15. The maximum Gasteiger partial charge on any atom is 0.242 e. The molecule has 3 aromatic carbocycles. The van der Waals surface area contributed by atoms with Gasteiger partial charge >= 0.3 is 0 Å². The molecule has 0 saturated heterocycles. The zero-order valence-corrected chi connectivity index (χ0v) is 19.0. The molecule has 0 aliphatic heterocycles. The molecule has 1 atom stereocenters. The van der Waals surface area contributed by atoms with Crippen molar-refractivity contribution in [3.8, 4) is 0 Å². The summed E-state index contributed by atoms with van der Waals surface area (Å²) in [5.74, 6) is -1.29. The number of amides is 2. The second-order valence-electron chi connectivity index (χ2n) is 7.35. The number of halogens is 3. The first-order valence-electron chi connectivity index (χ1n) is 10.1. The number of carbonyl (C=O) groups excluding carboxylic acids is 2. The summed E-state index contributed by atoms with van der Waals surface area (Å²) in [6, 6.07) is 20.0. The highest BCUT2D eigenvalue weighted by Gasteiger charge is 2.30. The smallest absolute Gasteiger partial charge is 0.242 e. The number of nitrogens with one attached hydrogen (secondary N) is 1. The van der Waals surface area contributed by atoms with E-state index in [1.54, 1.807) is 18.2 Å². The van der Waals surface area contributed by atoms with Crippen molar-refractivity contribution in [2.24, 2.45) is 0 Å². The number of rotatable bonds is 8. The molecule has 166 valence electrons. The molecule has 2 amide bonds. The average Bonchev–Trinajstić information content (AvgIpc) is 2.79. The molecular weight excluding hydrogens is 450 g/mol. The summed E-state index contributed by atoms with van der Waals surface area (Å²) >= 11 is 12.3. The maximum absolute atomic E-state index is 14.4. The Morgan fingerprint density at radius 3 is 2.31 bits per heavy atom. The van der Waals surface area contributed by atoms with Crippen molar-refractivity contribution in [3.05, 3.63) is 105 Å². The van der Waals surface area contributed by atoms with Crippen LogP contribution >= 0.6 is 23.2 Å². The lowest BCUT2D eigenvalue weighted by atomic mass is 10.0. The van der Waals surface area contributed by atoms with E-state index < -0.39 is 17.8 Å². The molecular formula is C25H23Cl2FN2O2. The van der Waals surface area contributed by atoms with Crippen LogP contribution in [0.3, 0.4) is 0 Å². The SMILES string of the molecule is CNC(=O)[C@H](Cc1ccccc1)N(Cc1cccc(Cl)c1)C(=O)Cc1c(F)cccc1Cl. The van der Waals surface area contributed by atoms with Gasteiger partial charge in [-0.25, -0.2) is 4.39 Å². The van der Waals surface area contributed by atoms with Crippen LogP contribution in [-0.4, -0.2) is 29.8 Å². The first-order chi connectivity index (χ1) is 15.4. The molecule has 0 aliphatic carbocycles. The van der Waals surface area contributed by atoms with E-state index in [0.29, 0.717) is 11.4 Å². The van der Waals surface area contributed by atoms with Crippen LogP contribution in [0, 0.1) is 5.82 Å². The summed E-state index contributed by atoms with van der Waals surface area (Å²) in [6.45, 7) is 0.135. The molecule has 7 heteroatoms. The van der Waals surface area contributed by atoms with Gasteiger partial charge in [0, 0.05) is 35.6 Å². The Hall–Kier alpha value is -2.89. The zero-order chi connectivity index (χ0) is 23.1. The van der Waals surface area contributed by atoms with Crippen molar-refractivity contribution in [2.75, 3.05) is 7.05 Å². The van der Waals surface area contributed by atoms with Gasteiger partial charge in [-0.1, -0.05) is 71.7 Å². The minimum Gasteiger partial charge on any atom is -0.357 e. The number of hydrogen-bond donors (Lipinski definition) is 1. The summed E-state index contributed by atoms with van der Waals surface area (Å²) in [4.78, 5) is 27.8. The summed E-state index contributed by atoms with van der Waals surface area (Å²) in [5, 5.41) is 3.33. The van der Waals surface area contributed by atoms with Gasteiger partial charge in [0.25, 0.3) is 0 Å². The van der Waals surface area contributed by atoms with Gasteiger partial charge in [-0.05, 0) is 35.4 Å². The van der Waals surface area contributed by atoms with Crippen molar-refractivity contribution in [1.82, 2.24) is 10.2 Å². The zero-order valence-electron chi connectivity index (χ0n) is 17.5. The molecule has 0 bridgehead atoms. The Morgan fingerprint density at radius 2 is 1.66 bits per heavy atom. The average molecular weight is 473 g/mol. The molecule has 1 N–H and O–H groups in total. The highest BCUT2D eigenvalue weighted by atomic mass is 35.5. The van der Waals surface area contributed by atoms with Crippen LogP contribution in [0.5, 0.6) is 0 Å². The highest BCUT2D eigenvalue weighted by Crippen LogP contribution is 2.23. The van der Waals surface area contributed by atoms with E-state index in [4.69, 9.17) is 23.2 Å². The van der Waals surface area contributed by atoms with Crippen LogP contribution in [-0.2, 0) is 29.0 Å². The van der Waals surface area contributed by atoms with E-state index in [9.17, 15) is 14.0 Å². The Balaban J connectivity index is 1.98. The molecule has 32 heavy (non-hydrogen) atoms. The number of benzene rings is 3. The lowest BCUT2D eigenvalue weighted by Crippen LogP contribution is -2.50. The van der Waals surface area contributed by atoms with Gasteiger partial charge in [0.1, 0.15) is 11.9 Å². The van der Waals surface area contributed by atoms with Gasteiger partial charge in [-0.2, -0.15) is 0 Å². The van der Waals surface area contributed by atoms with E-state index in [-0.39, 0.29) is 29.5 Å². The van der Waals surface area contributed by atoms with E-state index in [0.717, 1.165) is 11.1 Å². The predicted molar refractivity (Wildman–Crippen MR) is 125 cm³/mol.